The molecule has 0 aliphatic heterocycles. The van der Waals surface area contributed by atoms with E-state index in [0.717, 1.165) is 18.6 Å². The van der Waals surface area contributed by atoms with Crippen LogP contribution in [-0.2, 0) is 20.2 Å². The summed E-state index contributed by atoms with van der Waals surface area (Å²) >= 11 is 0. The molecule has 1 N–H and O–H groups in total. The zero-order chi connectivity index (χ0) is 16.3. The first-order valence-electron chi connectivity index (χ1n) is 6.63. The van der Waals surface area contributed by atoms with Gasteiger partial charge in [0.15, 0.2) is 0 Å². The molecule has 0 spiro atoms. The second-order valence-corrected chi connectivity index (χ2v) is 8.25. The average Bonchev–Trinajstić information content (AvgIpc) is 2.37. The van der Waals surface area contributed by atoms with Crippen molar-refractivity contribution in [3.05, 3.63) is 24.3 Å². The first-order chi connectivity index (χ1) is 9.56. The molecular weight excluding hydrogens is 317 g/mol. The van der Waals surface area contributed by atoms with Crippen LogP contribution in [-0.4, -0.2) is 22.9 Å². The van der Waals surface area contributed by atoms with Gasteiger partial charge in [0.25, 0.3) is 0 Å². The van der Waals surface area contributed by atoms with Gasteiger partial charge in [-0.15, -0.1) is 3.89 Å². The van der Waals surface area contributed by atoms with Crippen LogP contribution in [0.4, 0.5) is 3.89 Å². The predicted octanol–water partition coefficient (Wildman–Crippen LogP) is 2.45. The Morgan fingerprint density at radius 3 is 2.24 bits per heavy atom. The van der Waals surface area contributed by atoms with Crippen LogP contribution < -0.4 is 4.72 Å². The summed E-state index contributed by atoms with van der Waals surface area (Å²) in [5.74, 6) is 0.361. The number of hydrogen-bond acceptors (Lipinski definition) is 4. The lowest BCUT2D eigenvalue weighted by atomic mass is 10.0. The van der Waals surface area contributed by atoms with Gasteiger partial charge in [-0.1, -0.05) is 26.3 Å². The van der Waals surface area contributed by atoms with Crippen molar-refractivity contribution in [3.8, 4) is 0 Å². The first kappa shape index (κ1) is 18.1. The maximum Gasteiger partial charge on any atom is 0.332 e. The molecule has 8 heteroatoms. The summed E-state index contributed by atoms with van der Waals surface area (Å²) in [6.07, 6.45) is 1.60. The van der Waals surface area contributed by atoms with Crippen LogP contribution in [0.15, 0.2) is 34.1 Å². The molecule has 0 fully saturated rings. The second-order valence-electron chi connectivity index (χ2n) is 5.18. The van der Waals surface area contributed by atoms with Crippen LogP contribution in [0.3, 0.4) is 0 Å². The van der Waals surface area contributed by atoms with E-state index < -0.39 is 25.1 Å². The molecule has 1 aromatic rings. The summed E-state index contributed by atoms with van der Waals surface area (Å²) in [5, 5.41) is 0. The summed E-state index contributed by atoms with van der Waals surface area (Å²) < 4.78 is 61.4. The van der Waals surface area contributed by atoms with Crippen molar-refractivity contribution in [2.24, 2.45) is 5.92 Å². The van der Waals surface area contributed by atoms with Crippen molar-refractivity contribution >= 4 is 20.2 Å². The summed E-state index contributed by atoms with van der Waals surface area (Å²) in [7, 11) is -8.81. The number of sulfonamides is 1. The summed E-state index contributed by atoms with van der Waals surface area (Å²) in [5.41, 5.74) is 0. The third kappa shape index (κ3) is 5.37. The summed E-state index contributed by atoms with van der Waals surface area (Å²) in [4.78, 5) is -0.933. The molecule has 0 radical (unpaired) electrons. The van der Waals surface area contributed by atoms with Gasteiger partial charge in [-0.25, -0.2) is 13.1 Å². The van der Waals surface area contributed by atoms with Crippen molar-refractivity contribution < 1.29 is 20.7 Å². The Morgan fingerprint density at radius 2 is 1.71 bits per heavy atom. The molecule has 0 amide bonds. The van der Waals surface area contributed by atoms with E-state index in [9.17, 15) is 20.7 Å². The Bertz CT molecular complexity index is 686. The van der Waals surface area contributed by atoms with Crippen LogP contribution in [0.1, 0.15) is 33.6 Å². The average molecular weight is 337 g/mol. The smallest absolute Gasteiger partial charge is 0.208 e. The monoisotopic (exact) mass is 337 g/mol. The van der Waals surface area contributed by atoms with Crippen molar-refractivity contribution in [2.45, 2.75) is 49.4 Å². The van der Waals surface area contributed by atoms with E-state index in [4.69, 9.17) is 0 Å². The van der Waals surface area contributed by atoms with Gasteiger partial charge in [0.05, 0.1) is 9.79 Å². The lowest BCUT2D eigenvalue weighted by Crippen LogP contribution is -2.33. The maximum atomic E-state index is 12.9. The number of hydrogen-bond donors (Lipinski definition) is 1. The molecule has 0 saturated heterocycles. The molecule has 1 rings (SSSR count). The Balaban J connectivity index is 2.98. The maximum absolute atomic E-state index is 12.9. The van der Waals surface area contributed by atoms with Crippen molar-refractivity contribution in [1.82, 2.24) is 4.72 Å². The lowest BCUT2D eigenvalue weighted by Gasteiger charge is -2.17. The van der Waals surface area contributed by atoms with Crippen LogP contribution in [0.5, 0.6) is 0 Å². The first-order valence-corrected chi connectivity index (χ1v) is 9.50. The third-order valence-electron chi connectivity index (χ3n) is 3.21. The number of nitrogens with one attached hydrogen (secondary N) is 1. The molecule has 5 nitrogen and oxygen atoms in total. The fourth-order valence-corrected chi connectivity index (χ4v) is 3.83. The molecule has 0 heterocycles. The highest BCUT2D eigenvalue weighted by Crippen LogP contribution is 2.18. The minimum Gasteiger partial charge on any atom is -0.208 e. The van der Waals surface area contributed by atoms with E-state index in [0.29, 0.717) is 12.3 Å². The number of benzene rings is 1. The Morgan fingerprint density at radius 1 is 1.14 bits per heavy atom. The molecule has 1 aromatic carbocycles. The van der Waals surface area contributed by atoms with Gasteiger partial charge in [-0.2, -0.15) is 8.42 Å². The fourth-order valence-electron chi connectivity index (χ4n) is 1.94. The van der Waals surface area contributed by atoms with Gasteiger partial charge in [0.2, 0.25) is 10.0 Å². The Kier molecular flexibility index (Phi) is 5.89. The van der Waals surface area contributed by atoms with E-state index in [1.807, 2.05) is 13.8 Å². The van der Waals surface area contributed by atoms with Gasteiger partial charge in [0.1, 0.15) is 0 Å². The van der Waals surface area contributed by atoms with Gasteiger partial charge >= 0.3 is 10.2 Å². The molecule has 120 valence electrons. The molecule has 0 saturated carbocycles. The van der Waals surface area contributed by atoms with E-state index in [1.165, 1.54) is 12.1 Å². The standard InChI is InChI=1S/C13H20FNO4S2/c1-4-10(2)8-11(3)15-21(18,19)13-7-5-6-12(9-13)20(14,16)17/h5-7,9-11,15H,4,8H2,1-3H3. The topological polar surface area (TPSA) is 80.3 Å². The molecule has 0 aliphatic rings. The van der Waals surface area contributed by atoms with Gasteiger partial charge in [-0.05, 0) is 37.5 Å². The zero-order valence-electron chi connectivity index (χ0n) is 12.2. The van der Waals surface area contributed by atoms with Gasteiger partial charge < -0.3 is 0 Å². The third-order valence-corrected chi connectivity index (χ3v) is 5.61. The molecule has 2 atom stereocenters. The van der Waals surface area contributed by atoms with Gasteiger partial charge in [-0.3, -0.25) is 0 Å². The van der Waals surface area contributed by atoms with E-state index in [1.54, 1.807) is 6.92 Å². The molecule has 0 aromatic heterocycles. The molecular formula is C13H20FNO4S2. The van der Waals surface area contributed by atoms with Gasteiger partial charge in [0, 0.05) is 6.04 Å². The van der Waals surface area contributed by atoms with Crippen LogP contribution in [0, 0.1) is 5.92 Å². The SMILES string of the molecule is CCC(C)CC(C)NS(=O)(=O)c1cccc(S(=O)(=O)F)c1. The second kappa shape index (κ2) is 6.85. The number of halogens is 1. The Labute approximate surface area is 125 Å². The van der Waals surface area contributed by atoms with Crippen LogP contribution in [0.2, 0.25) is 0 Å². The molecule has 21 heavy (non-hydrogen) atoms. The zero-order valence-corrected chi connectivity index (χ0v) is 13.8. The predicted molar refractivity (Wildman–Crippen MR) is 78.6 cm³/mol. The van der Waals surface area contributed by atoms with E-state index >= 15 is 0 Å². The highest BCUT2D eigenvalue weighted by Gasteiger charge is 2.21. The normalized spacial score (nSPS) is 15.6. The highest BCUT2D eigenvalue weighted by molar-refractivity contribution is 7.89. The summed E-state index contributed by atoms with van der Waals surface area (Å²) in [6.45, 7) is 5.77. The van der Waals surface area contributed by atoms with Crippen molar-refractivity contribution in [1.29, 1.82) is 0 Å². The minimum absolute atomic E-state index is 0.266. The van der Waals surface area contributed by atoms with Crippen LogP contribution in [0.25, 0.3) is 0 Å². The number of rotatable bonds is 7. The fraction of sp³-hybridized carbons (Fsp3) is 0.538. The largest absolute Gasteiger partial charge is 0.332 e. The molecule has 0 aliphatic carbocycles. The molecule has 2 unspecified atom stereocenters. The van der Waals surface area contributed by atoms with Crippen molar-refractivity contribution in [2.75, 3.05) is 0 Å². The highest BCUT2D eigenvalue weighted by atomic mass is 32.3. The van der Waals surface area contributed by atoms with E-state index in [-0.39, 0.29) is 10.9 Å². The van der Waals surface area contributed by atoms with Crippen LogP contribution >= 0.6 is 0 Å². The molecule has 0 bridgehead atoms. The Hall–Kier alpha value is -0.990. The minimum atomic E-state index is -4.93. The van der Waals surface area contributed by atoms with E-state index in [2.05, 4.69) is 4.72 Å². The summed E-state index contributed by atoms with van der Waals surface area (Å²) in [6, 6.07) is 3.95. The van der Waals surface area contributed by atoms with Crippen molar-refractivity contribution in [3.63, 3.8) is 0 Å². The lowest BCUT2D eigenvalue weighted by molar-refractivity contribution is 0.445. The quantitative estimate of drug-likeness (QED) is 0.775.